The van der Waals surface area contributed by atoms with Gasteiger partial charge in [0.15, 0.2) is 34.5 Å². The molecule has 0 bridgehead atoms. The molecule has 0 spiro atoms. The fraction of sp³-hybridized carbons (Fsp3) is 0. The van der Waals surface area contributed by atoms with E-state index in [1.54, 1.807) is 0 Å². The maximum Gasteiger partial charge on any atom is 0.463 e. The molecule has 4 aromatic carbocycles. The van der Waals surface area contributed by atoms with Crippen molar-refractivity contribution in [1.82, 2.24) is 0 Å². The molecule has 0 aliphatic carbocycles. The van der Waals surface area contributed by atoms with Crippen molar-refractivity contribution in [3.05, 3.63) is 88.7 Å². The molecule has 12 heteroatoms. The van der Waals surface area contributed by atoms with Crippen molar-refractivity contribution in [2.45, 2.75) is 0 Å². The number of hydrogen-bond acceptors (Lipinski definition) is 10. The molecule has 210 valence electrons. The van der Waals surface area contributed by atoms with Gasteiger partial charge in [0.1, 0.15) is 39.9 Å². The zero-order valence-corrected chi connectivity index (χ0v) is 21.1. The minimum atomic E-state index is -0.719. The Hall–Kier alpha value is -6.30. The van der Waals surface area contributed by atoms with E-state index in [-0.39, 0.29) is 56.4 Å². The first-order chi connectivity index (χ1) is 19.9. The van der Waals surface area contributed by atoms with Crippen LogP contribution in [0.4, 0.5) is 0 Å². The van der Waals surface area contributed by atoms with Gasteiger partial charge in [-0.25, -0.2) is 0 Å². The van der Waals surface area contributed by atoms with Crippen molar-refractivity contribution in [3.63, 3.8) is 0 Å². The molecular weight excluding hydrogens is 552 g/mol. The number of rotatable bonds is 2. The largest absolute Gasteiger partial charge is 0.508 e. The Labute approximate surface area is 234 Å². The van der Waals surface area contributed by atoms with E-state index >= 15 is 0 Å². The molecule has 0 radical (unpaired) electrons. The standard InChI is InChI=1S/C30H18O12/c31-13-7-19(37)23-21(9-13)41-29(11-1-3-15(33)17(35)5-11)27(39)25(23)26-24-20(38)8-14(32)10-22(24)42-30(28(26)40)12-2-4-16(34)18(36)6-12/h1-10H,(H8-,31,32,33,34,35,36,37,38,39,40)/p+2. The van der Waals surface area contributed by atoms with E-state index in [2.05, 4.69) is 0 Å². The van der Waals surface area contributed by atoms with Crippen LogP contribution in [0, 0.1) is 0 Å². The fourth-order valence-corrected chi connectivity index (χ4v) is 4.82. The molecule has 0 saturated heterocycles. The van der Waals surface area contributed by atoms with E-state index in [0.717, 1.165) is 48.5 Å². The highest BCUT2D eigenvalue weighted by atomic mass is 16.5. The van der Waals surface area contributed by atoms with Crippen LogP contribution in [0.25, 0.3) is 16.9 Å². The summed E-state index contributed by atoms with van der Waals surface area (Å²) >= 11 is 0. The number of aliphatic hydroxyl groups is 1. The van der Waals surface area contributed by atoms with Gasteiger partial charge in [-0.2, -0.15) is 4.42 Å². The molecule has 0 amide bonds. The van der Waals surface area contributed by atoms with E-state index in [1.165, 1.54) is 12.1 Å². The molecule has 4 aromatic rings. The monoisotopic (exact) mass is 572 g/mol. The second-order valence-electron chi connectivity index (χ2n) is 9.39. The Balaban J connectivity index is 1.75. The van der Waals surface area contributed by atoms with Crippen molar-refractivity contribution >= 4 is 28.5 Å². The number of ketones is 2. The Morgan fingerprint density at radius 3 is 1.76 bits per heavy atom. The van der Waals surface area contributed by atoms with Crippen molar-refractivity contribution < 1.29 is 59.9 Å². The lowest BCUT2D eigenvalue weighted by molar-refractivity contribution is -0.165. The topological polar surface area (TPSA) is 224 Å². The molecule has 2 aliphatic heterocycles. The number of aliphatic hydroxyl groups excluding tert-OH is 1. The number of phenols is 8. The Morgan fingerprint density at radius 1 is 0.548 bits per heavy atom. The summed E-state index contributed by atoms with van der Waals surface area (Å²) in [4.78, 5) is 11.7. The van der Waals surface area contributed by atoms with Gasteiger partial charge in [-0.3, -0.25) is 4.79 Å². The first-order valence-corrected chi connectivity index (χ1v) is 12.1. The van der Waals surface area contributed by atoms with Crippen LogP contribution in [0.5, 0.6) is 57.5 Å². The maximum atomic E-state index is 11.7. The summed E-state index contributed by atoms with van der Waals surface area (Å²) in [5, 5.41) is 93.6. The molecular formula is C30H20O12+2. The Bertz CT molecular complexity index is 1970. The summed E-state index contributed by atoms with van der Waals surface area (Å²) in [7, 11) is 0. The molecule has 2 aliphatic rings. The zero-order chi connectivity index (χ0) is 30.0. The zero-order valence-electron chi connectivity index (χ0n) is 21.1. The Kier molecular flexibility index (Phi) is 5.64. The predicted molar refractivity (Wildman–Crippen MR) is 147 cm³/mol. The molecule has 0 unspecified atom stereocenters. The molecule has 2 heterocycles. The molecule has 0 fully saturated rings. The first kappa shape index (κ1) is 26.0. The number of benzene rings is 4. The van der Waals surface area contributed by atoms with Gasteiger partial charge < -0.3 is 50.7 Å². The van der Waals surface area contributed by atoms with Gasteiger partial charge in [-0.05, 0) is 30.3 Å². The van der Waals surface area contributed by atoms with Gasteiger partial charge in [0.25, 0.3) is 0 Å². The summed E-state index contributed by atoms with van der Waals surface area (Å²) in [6.07, 6.45) is 0. The van der Waals surface area contributed by atoms with Crippen molar-refractivity contribution in [1.29, 1.82) is 0 Å². The van der Waals surface area contributed by atoms with Crippen LogP contribution < -0.4 is 4.74 Å². The van der Waals surface area contributed by atoms with Crippen LogP contribution in [-0.4, -0.2) is 62.3 Å². The number of ether oxygens (including phenoxy) is 1. The number of fused-ring (bicyclic) bond motifs is 2. The highest BCUT2D eigenvalue weighted by Crippen LogP contribution is 2.53. The lowest BCUT2D eigenvalue weighted by atomic mass is 9.83. The molecule has 12 nitrogen and oxygen atoms in total. The smallest absolute Gasteiger partial charge is 0.463 e. The van der Waals surface area contributed by atoms with Gasteiger partial charge in [-0.15, -0.1) is 0 Å². The van der Waals surface area contributed by atoms with E-state index in [9.17, 15) is 50.8 Å². The quantitative estimate of drug-likeness (QED) is 0.0718. The summed E-state index contributed by atoms with van der Waals surface area (Å²) in [5.74, 6) is -6.64. The van der Waals surface area contributed by atoms with E-state index in [1.807, 2.05) is 0 Å². The number of phenolic OH excluding ortho intramolecular Hbond substituents is 8. The third-order valence-electron chi connectivity index (χ3n) is 6.69. The number of aromatic hydroxyl groups is 8. The summed E-state index contributed by atoms with van der Waals surface area (Å²) in [5.41, 5.74) is -1.06. The lowest BCUT2D eigenvalue weighted by Crippen LogP contribution is -2.23. The SMILES string of the molecule is OC1=C(c2ccc(O)c(O)c2)Oc2cc(O)cc(O)c2/C1=C1\C(=[OH+])C(c2ccc(O)c(O)c2)=[O+]c2cc(O)cc(O)c21. The van der Waals surface area contributed by atoms with Crippen molar-refractivity contribution in [2.24, 2.45) is 0 Å². The van der Waals surface area contributed by atoms with Gasteiger partial charge in [0.2, 0.25) is 0 Å². The van der Waals surface area contributed by atoms with Crippen LogP contribution in [0.15, 0.2) is 66.4 Å². The minimum Gasteiger partial charge on any atom is -0.508 e. The average molecular weight is 572 g/mol. The Morgan fingerprint density at radius 2 is 1.12 bits per heavy atom. The summed E-state index contributed by atoms with van der Waals surface area (Å²) < 4.78 is 11.6. The van der Waals surface area contributed by atoms with Crippen LogP contribution in [0.2, 0.25) is 0 Å². The van der Waals surface area contributed by atoms with E-state index < -0.39 is 57.5 Å². The third kappa shape index (κ3) is 3.93. The number of hydrogen-bond donors (Lipinski definition) is 9. The summed E-state index contributed by atoms with van der Waals surface area (Å²) in [6, 6.07) is 11.1. The van der Waals surface area contributed by atoms with Crippen molar-refractivity contribution in [2.75, 3.05) is 0 Å². The molecule has 10 N–H and O–H groups in total. The lowest BCUT2D eigenvalue weighted by Gasteiger charge is -2.25. The highest BCUT2D eigenvalue weighted by molar-refractivity contribution is 6.62. The summed E-state index contributed by atoms with van der Waals surface area (Å²) in [6.45, 7) is 0. The third-order valence-corrected chi connectivity index (χ3v) is 6.69. The average Bonchev–Trinajstić information content (AvgIpc) is 2.92. The normalized spacial score (nSPS) is 16.0. The minimum absolute atomic E-state index is 0.0312. The molecule has 42 heavy (non-hydrogen) atoms. The van der Waals surface area contributed by atoms with Crippen LogP contribution in [-0.2, 0) is 0 Å². The highest BCUT2D eigenvalue weighted by Gasteiger charge is 2.50. The molecule has 6 rings (SSSR count). The molecule has 0 saturated carbocycles. The van der Waals surface area contributed by atoms with Crippen LogP contribution in [0.3, 0.4) is 0 Å². The fourth-order valence-electron chi connectivity index (χ4n) is 4.82. The molecule has 0 aromatic heterocycles. The predicted octanol–water partition coefficient (Wildman–Crippen LogP) is 4.25. The van der Waals surface area contributed by atoms with Gasteiger partial charge >= 0.3 is 17.3 Å². The van der Waals surface area contributed by atoms with Crippen LogP contribution in [0.1, 0.15) is 26.7 Å². The van der Waals surface area contributed by atoms with Crippen molar-refractivity contribution in [3.8, 4) is 57.5 Å². The maximum absolute atomic E-state index is 11.7. The number of allylic oxidation sites excluding steroid dienone is 2. The van der Waals surface area contributed by atoms with Gasteiger partial charge in [0, 0.05) is 29.8 Å². The van der Waals surface area contributed by atoms with E-state index in [0.29, 0.717) is 0 Å². The number of carbonyl (C=O) groups excluding carboxylic acids is 2. The van der Waals surface area contributed by atoms with Gasteiger partial charge in [-0.1, -0.05) is 0 Å². The van der Waals surface area contributed by atoms with Crippen LogP contribution >= 0.6 is 0 Å². The second-order valence-corrected chi connectivity index (χ2v) is 9.39. The first-order valence-electron chi connectivity index (χ1n) is 12.1. The van der Waals surface area contributed by atoms with Gasteiger partial charge in [0.05, 0.1) is 22.8 Å². The molecule has 0 atom stereocenters. The second kappa shape index (κ2) is 9.13. The van der Waals surface area contributed by atoms with E-state index in [4.69, 9.17) is 9.16 Å².